The summed E-state index contributed by atoms with van der Waals surface area (Å²) in [6, 6.07) is 3.83. The average molecular weight is 314 g/mol. The molecule has 1 unspecified atom stereocenters. The van der Waals surface area contributed by atoms with Crippen molar-refractivity contribution in [3.8, 4) is 17.2 Å². The normalized spacial score (nSPS) is 14.4. The van der Waals surface area contributed by atoms with Gasteiger partial charge in [-0.2, -0.15) is 0 Å². The molecule has 1 aliphatic heterocycles. The molecule has 0 fully saturated rings. The number of hydrogen-bond donors (Lipinski definition) is 1. The Bertz CT molecular complexity index is 460. The zero-order valence-corrected chi connectivity index (χ0v) is 11.8. The van der Waals surface area contributed by atoms with Crippen LogP contribution in [0.1, 0.15) is 12.5 Å². The summed E-state index contributed by atoms with van der Waals surface area (Å²) in [5.41, 5.74) is 6.86. The third kappa shape index (κ3) is 3.17. The van der Waals surface area contributed by atoms with Crippen molar-refractivity contribution in [3.05, 3.63) is 28.8 Å². The van der Waals surface area contributed by atoms with Crippen LogP contribution in [0.15, 0.2) is 23.2 Å². The Balaban J connectivity index is 2.26. The van der Waals surface area contributed by atoms with Crippen molar-refractivity contribution < 1.29 is 14.2 Å². The van der Waals surface area contributed by atoms with Crippen LogP contribution in [0, 0.1) is 0 Å². The number of halogens is 1. The largest absolute Gasteiger partial charge is 0.488 e. The minimum absolute atomic E-state index is 0.0555. The molecular formula is C13H16BrNO3. The summed E-state index contributed by atoms with van der Waals surface area (Å²) in [6.07, 6.45) is 0.723. The first-order valence-electron chi connectivity index (χ1n) is 5.70. The maximum absolute atomic E-state index is 5.84. The van der Waals surface area contributed by atoms with Crippen LogP contribution in [0.5, 0.6) is 17.2 Å². The molecule has 5 heteroatoms. The van der Waals surface area contributed by atoms with Gasteiger partial charge in [-0.25, -0.2) is 0 Å². The smallest absolute Gasteiger partial charge is 0.231 e. The van der Waals surface area contributed by atoms with E-state index in [1.165, 1.54) is 0 Å². The highest BCUT2D eigenvalue weighted by Crippen LogP contribution is 2.38. The predicted octanol–water partition coefficient (Wildman–Crippen LogP) is 2.59. The van der Waals surface area contributed by atoms with Crippen LogP contribution in [0.2, 0.25) is 0 Å². The van der Waals surface area contributed by atoms with Crippen molar-refractivity contribution in [2.45, 2.75) is 19.4 Å². The second-order valence-corrected chi connectivity index (χ2v) is 5.42. The summed E-state index contributed by atoms with van der Waals surface area (Å²) < 4.78 is 17.2. The fourth-order valence-corrected chi connectivity index (χ4v) is 1.88. The van der Waals surface area contributed by atoms with E-state index in [9.17, 15) is 0 Å². The molecule has 0 radical (unpaired) electrons. The summed E-state index contributed by atoms with van der Waals surface area (Å²) in [5, 5.41) is 0. The van der Waals surface area contributed by atoms with E-state index in [0.717, 1.165) is 28.0 Å². The number of benzene rings is 1. The second kappa shape index (κ2) is 5.63. The van der Waals surface area contributed by atoms with Crippen LogP contribution < -0.4 is 19.9 Å². The number of hydrogen-bond acceptors (Lipinski definition) is 4. The van der Waals surface area contributed by atoms with Crippen LogP contribution in [0.3, 0.4) is 0 Å². The Morgan fingerprint density at radius 2 is 2.17 bits per heavy atom. The SMILES string of the molecule is C=C(Br)COc1cc2c(cc1CC(C)N)OCO2. The zero-order chi connectivity index (χ0) is 13.1. The predicted molar refractivity (Wildman–Crippen MR) is 73.5 cm³/mol. The molecule has 0 spiro atoms. The second-order valence-electron chi connectivity index (χ2n) is 4.30. The van der Waals surface area contributed by atoms with Gasteiger partial charge in [-0.3, -0.25) is 0 Å². The molecule has 0 aromatic heterocycles. The first kappa shape index (κ1) is 13.2. The van der Waals surface area contributed by atoms with Gasteiger partial charge in [0.2, 0.25) is 6.79 Å². The summed E-state index contributed by atoms with van der Waals surface area (Å²) in [4.78, 5) is 0. The highest BCUT2D eigenvalue weighted by molar-refractivity contribution is 9.11. The van der Waals surface area contributed by atoms with Crippen LogP contribution in [-0.4, -0.2) is 19.4 Å². The maximum atomic E-state index is 5.84. The summed E-state index contributed by atoms with van der Waals surface area (Å²) >= 11 is 3.27. The fraction of sp³-hybridized carbons (Fsp3) is 0.385. The number of nitrogens with two attached hydrogens (primary N) is 1. The van der Waals surface area contributed by atoms with Gasteiger partial charge in [0.25, 0.3) is 0 Å². The van der Waals surface area contributed by atoms with E-state index in [2.05, 4.69) is 22.5 Å². The average Bonchev–Trinajstić information content (AvgIpc) is 2.71. The van der Waals surface area contributed by atoms with E-state index in [4.69, 9.17) is 19.9 Å². The van der Waals surface area contributed by atoms with E-state index in [1.807, 2.05) is 19.1 Å². The molecule has 2 rings (SSSR count). The van der Waals surface area contributed by atoms with Gasteiger partial charge in [0, 0.05) is 16.6 Å². The van der Waals surface area contributed by atoms with E-state index in [1.54, 1.807) is 0 Å². The van der Waals surface area contributed by atoms with Crippen LogP contribution in [0.25, 0.3) is 0 Å². The van der Waals surface area contributed by atoms with Crippen molar-refractivity contribution in [2.75, 3.05) is 13.4 Å². The van der Waals surface area contributed by atoms with Crippen molar-refractivity contribution in [1.82, 2.24) is 0 Å². The third-order valence-electron chi connectivity index (χ3n) is 2.48. The highest BCUT2D eigenvalue weighted by atomic mass is 79.9. The van der Waals surface area contributed by atoms with Crippen molar-refractivity contribution >= 4 is 15.9 Å². The van der Waals surface area contributed by atoms with Crippen molar-refractivity contribution in [3.63, 3.8) is 0 Å². The van der Waals surface area contributed by atoms with Gasteiger partial charge < -0.3 is 19.9 Å². The Morgan fingerprint density at radius 1 is 1.50 bits per heavy atom. The molecule has 0 amide bonds. The Labute approximate surface area is 115 Å². The molecule has 1 aromatic rings. The minimum Gasteiger partial charge on any atom is -0.488 e. The summed E-state index contributed by atoms with van der Waals surface area (Å²) in [5.74, 6) is 2.21. The quantitative estimate of drug-likeness (QED) is 0.908. The molecule has 0 saturated carbocycles. The lowest BCUT2D eigenvalue weighted by atomic mass is 10.1. The van der Waals surface area contributed by atoms with E-state index < -0.39 is 0 Å². The van der Waals surface area contributed by atoms with E-state index in [0.29, 0.717) is 12.4 Å². The standard InChI is InChI=1S/C13H16BrNO3/c1-8(14)6-16-11-5-13-12(17-7-18-13)4-10(11)3-9(2)15/h4-5,9H,1,3,6-7,15H2,2H3. The molecule has 4 nitrogen and oxygen atoms in total. The maximum Gasteiger partial charge on any atom is 0.231 e. The Hall–Kier alpha value is -1.20. The lowest BCUT2D eigenvalue weighted by molar-refractivity contribution is 0.174. The van der Waals surface area contributed by atoms with Gasteiger partial charge in [-0.15, -0.1) is 0 Å². The Kier molecular flexibility index (Phi) is 4.14. The van der Waals surface area contributed by atoms with Gasteiger partial charge in [-0.1, -0.05) is 22.5 Å². The Morgan fingerprint density at radius 3 is 2.78 bits per heavy atom. The molecule has 18 heavy (non-hydrogen) atoms. The monoisotopic (exact) mass is 313 g/mol. The molecule has 1 heterocycles. The molecule has 1 aromatic carbocycles. The topological polar surface area (TPSA) is 53.7 Å². The first-order valence-corrected chi connectivity index (χ1v) is 6.49. The van der Waals surface area contributed by atoms with Crippen LogP contribution in [-0.2, 0) is 6.42 Å². The number of fused-ring (bicyclic) bond motifs is 1. The lowest BCUT2D eigenvalue weighted by Crippen LogP contribution is -2.18. The molecule has 1 atom stereocenters. The van der Waals surface area contributed by atoms with Crippen molar-refractivity contribution in [1.29, 1.82) is 0 Å². The molecule has 0 saturated heterocycles. The number of ether oxygens (including phenoxy) is 3. The fourth-order valence-electron chi connectivity index (χ4n) is 1.76. The van der Waals surface area contributed by atoms with Crippen LogP contribution in [0.4, 0.5) is 0 Å². The van der Waals surface area contributed by atoms with Gasteiger partial charge >= 0.3 is 0 Å². The molecular weight excluding hydrogens is 298 g/mol. The highest BCUT2D eigenvalue weighted by Gasteiger charge is 2.18. The zero-order valence-electron chi connectivity index (χ0n) is 10.2. The third-order valence-corrected chi connectivity index (χ3v) is 2.71. The van der Waals surface area contributed by atoms with E-state index >= 15 is 0 Å². The molecule has 98 valence electrons. The van der Waals surface area contributed by atoms with Gasteiger partial charge in [0.15, 0.2) is 11.5 Å². The molecule has 0 aliphatic carbocycles. The van der Waals surface area contributed by atoms with Gasteiger partial charge in [0.1, 0.15) is 12.4 Å². The first-order chi connectivity index (χ1) is 8.56. The summed E-state index contributed by atoms with van der Waals surface area (Å²) in [6.45, 7) is 6.36. The number of rotatable bonds is 5. The lowest BCUT2D eigenvalue weighted by Gasteiger charge is -2.13. The molecule has 1 aliphatic rings. The molecule has 2 N–H and O–H groups in total. The molecule has 0 bridgehead atoms. The summed E-state index contributed by atoms with van der Waals surface area (Å²) in [7, 11) is 0. The minimum atomic E-state index is 0.0555. The van der Waals surface area contributed by atoms with E-state index in [-0.39, 0.29) is 12.8 Å². The van der Waals surface area contributed by atoms with Gasteiger partial charge in [-0.05, 0) is 25.0 Å². The van der Waals surface area contributed by atoms with Crippen LogP contribution >= 0.6 is 15.9 Å². The van der Waals surface area contributed by atoms with Crippen molar-refractivity contribution in [2.24, 2.45) is 5.73 Å². The van der Waals surface area contributed by atoms with Gasteiger partial charge in [0.05, 0.1) is 0 Å².